The van der Waals surface area contributed by atoms with Crippen LogP contribution in [0.4, 0.5) is 10.7 Å². The quantitative estimate of drug-likeness (QED) is 0.896. The van der Waals surface area contributed by atoms with E-state index in [1.165, 1.54) is 0 Å². The van der Waals surface area contributed by atoms with Gasteiger partial charge in [0.1, 0.15) is 5.60 Å². The van der Waals surface area contributed by atoms with Crippen LogP contribution in [0.3, 0.4) is 0 Å². The van der Waals surface area contributed by atoms with E-state index in [4.69, 9.17) is 4.74 Å². The highest BCUT2D eigenvalue weighted by Gasteiger charge is 2.32. The molecule has 1 unspecified atom stereocenters. The minimum atomic E-state index is -0.500. The number of H-pyrrole nitrogens is 1. The average Bonchev–Trinajstić information content (AvgIpc) is 3.17. The van der Waals surface area contributed by atoms with Crippen molar-refractivity contribution < 1.29 is 9.53 Å². The predicted octanol–water partition coefficient (Wildman–Crippen LogP) is 2.09. The summed E-state index contributed by atoms with van der Waals surface area (Å²) in [6.45, 7) is 8.62. The molecule has 24 heavy (non-hydrogen) atoms. The van der Waals surface area contributed by atoms with Crippen molar-refractivity contribution in [2.45, 2.75) is 51.6 Å². The first kappa shape index (κ1) is 16.8. The van der Waals surface area contributed by atoms with E-state index in [1.54, 1.807) is 11.0 Å². The van der Waals surface area contributed by atoms with Gasteiger partial charge in [0, 0.05) is 38.2 Å². The third kappa shape index (κ3) is 3.88. The van der Waals surface area contributed by atoms with Crippen LogP contribution in [0, 0.1) is 0 Å². The largest absolute Gasteiger partial charge is 0.444 e. The molecule has 2 aliphatic heterocycles. The molecule has 2 fully saturated rings. The van der Waals surface area contributed by atoms with Crippen molar-refractivity contribution in [3.8, 4) is 0 Å². The SMILES string of the molecule is CC(C)(C)OC(=O)N1CCC(c2cc(=O)[nH]c(N3CCCC3)n2)C1. The fourth-order valence-corrected chi connectivity index (χ4v) is 3.24. The minimum absolute atomic E-state index is 0.0844. The average molecular weight is 334 g/mol. The Morgan fingerprint density at radius 2 is 2.00 bits per heavy atom. The third-order valence-corrected chi connectivity index (χ3v) is 4.41. The van der Waals surface area contributed by atoms with Crippen molar-refractivity contribution in [3.05, 3.63) is 22.1 Å². The fourth-order valence-electron chi connectivity index (χ4n) is 3.24. The Balaban J connectivity index is 1.71. The summed E-state index contributed by atoms with van der Waals surface area (Å²) in [7, 11) is 0. The molecule has 1 amide bonds. The maximum Gasteiger partial charge on any atom is 0.410 e. The van der Waals surface area contributed by atoms with Gasteiger partial charge in [0.25, 0.3) is 5.56 Å². The summed E-state index contributed by atoms with van der Waals surface area (Å²) < 4.78 is 5.43. The molecule has 3 heterocycles. The number of hydrogen-bond donors (Lipinski definition) is 1. The molecule has 1 N–H and O–H groups in total. The van der Waals surface area contributed by atoms with Gasteiger partial charge in [0.15, 0.2) is 0 Å². The predicted molar refractivity (Wildman–Crippen MR) is 91.5 cm³/mol. The first-order chi connectivity index (χ1) is 11.3. The van der Waals surface area contributed by atoms with E-state index in [1.807, 2.05) is 20.8 Å². The third-order valence-electron chi connectivity index (χ3n) is 4.41. The van der Waals surface area contributed by atoms with Gasteiger partial charge in [-0.1, -0.05) is 0 Å². The standard InChI is InChI=1S/C17H26N4O3/c1-17(2,3)24-16(23)21-9-6-12(11-21)13-10-14(22)19-15(18-13)20-7-4-5-8-20/h10,12H,4-9,11H2,1-3H3,(H,18,19,22). The minimum Gasteiger partial charge on any atom is -0.444 e. The fraction of sp³-hybridized carbons (Fsp3) is 0.706. The summed E-state index contributed by atoms with van der Waals surface area (Å²) in [6.07, 6.45) is 2.76. The lowest BCUT2D eigenvalue weighted by molar-refractivity contribution is 0.0292. The van der Waals surface area contributed by atoms with Crippen LogP contribution in [0.5, 0.6) is 0 Å². The van der Waals surface area contributed by atoms with Gasteiger partial charge in [-0.25, -0.2) is 9.78 Å². The van der Waals surface area contributed by atoms with Crippen molar-refractivity contribution in [1.82, 2.24) is 14.9 Å². The van der Waals surface area contributed by atoms with Gasteiger partial charge in [-0.05, 0) is 40.0 Å². The molecule has 0 aromatic carbocycles. The molecule has 0 aliphatic carbocycles. The number of carbonyl (C=O) groups is 1. The van der Waals surface area contributed by atoms with Gasteiger partial charge >= 0.3 is 6.09 Å². The normalized spacial score (nSPS) is 21.4. The number of rotatable bonds is 2. The maximum absolute atomic E-state index is 12.2. The number of carbonyl (C=O) groups excluding carboxylic acids is 1. The van der Waals surface area contributed by atoms with Crippen LogP contribution in [0.25, 0.3) is 0 Å². The van der Waals surface area contributed by atoms with Gasteiger partial charge in [-0.2, -0.15) is 0 Å². The van der Waals surface area contributed by atoms with Gasteiger partial charge in [0.05, 0.1) is 5.69 Å². The van der Waals surface area contributed by atoms with Crippen LogP contribution in [-0.2, 0) is 4.74 Å². The Morgan fingerprint density at radius 3 is 2.67 bits per heavy atom. The molecule has 7 nitrogen and oxygen atoms in total. The second kappa shape index (κ2) is 6.45. The smallest absolute Gasteiger partial charge is 0.410 e. The maximum atomic E-state index is 12.2. The van der Waals surface area contributed by atoms with Crippen LogP contribution in [0.15, 0.2) is 10.9 Å². The highest BCUT2D eigenvalue weighted by atomic mass is 16.6. The van der Waals surface area contributed by atoms with Crippen LogP contribution in [0.1, 0.15) is 51.6 Å². The second-order valence-electron chi connectivity index (χ2n) is 7.60. The van der Waals surface area contributed by atoms with E-state index in [0.29, 0.717) is 19.0 Å². The Labute approximate surface area is 142 Å². The van der Waals surface area contributed by atoms with Crippen molar-refractivity contribution in [2.24, 2.45) is 0 Å². The molecule has 7 heteroatoms. The molecule has 2 aliphatic rings. The highest BCUT2D eigenvalue weighted by molar-refractivity contribution is 5.68. The van der Waals surface area contributed by atoms with E-state index in [2.05, 4.69) is 14.9 Å². The number of anilines is 1. The van der Waals surface area contributed by atoms with E-state index in [-0.39, 0.29) is 17.6 Å². The van der Waals surface area contributed by atoms with Crippen molar-refractivity contribution in [2.75, 3.05) is 31.1 Å². The molecular formula is C17H26N4O3. The van der Waals surface area contributed by atoms with Gasteiger partial charge in [0.2, 0.25) is 5.95 Å². The topological polar surface area (TPSA) is 78.5 Å². The van der Waals surface area contributed by atoms with Crippen LogP contribution >= 0.6 is 0 Å². The summed E-state index contributed by atoms with van der Waals surface area (Å²) in [5.74, 6) is 0.742. The summed E-state index contributed by atoms with van der Waals surface area (Å²) >= 11 is 0. The molecule has 0 bridgehead atoms. The van der Waals surface area contributed by atoms with E-state index in [9.17, 15) is 9.59 Å². The number of hydrogen-bond acceptors (Lipinski definition) is 5. The summed E-state index contributed by atoms with van der Waals surface area (Å²) in [5, 5.41) is 0. The van der Waals surface area contributed by atoms with E-state index >= 15 is 0 Å². The first-order valence-corrected chi connectivity index (χ1v) is 8.66. The monoisotopic (exact) mass is 334 g/mol. The number of nitrogens with zero attached hydrogens (tertiary/aromatic N) is 3. The lowest BCUT2D eigenvalue weighted by Crippen LogP contribution is -2.35. The zero-order valence-electron chi connectivity index (χ0n) is 14.7. The van der Waals surface area contributed by atoms with Crippen molar-refractivity contribution in [3.63, 3.8) is 0 Å². The number of amides is 1. The van der Waals surface area contributed by atoms with E-state index < -0.39 is 5.60 Å². The summed E-state index contributed by atoms with van der Waals surface area (Å²) in [6, 6.07) is 1.56. The van der Waals surface area contributed by atoms with Crippen LogP contribution in [-0.4, -0.2) is 52.7 Å². The molecule has 3 rings (SSSR count). The number of aromatic amines is 1. The number of likely N-dealkylation sites (tertiary alicyclic amines) is 1. The second-order valence-corrected chi connectivity index (χ2v) is 7.60. The lowest BCUT2D eigenvalue weighted by Gasteiger charge is -2.24. The molecule has 0 radical (unpaired) electrons. The number of nitrogens with one attached hydrogen (secondary N) is 1. The van der Waals surface area contributed by atoms with Crippen molar-refractivity contribution in [1.29, 1.82) is 0 Å². The van der Waals surface area contributed by atoms with Gasteiger partial charge in [-0.3, -0.25) is 9.78 Å². The molecule has 1 aromatic rings. The lowest BCUT2D eigenvalue weighted by atomic mass is 10.1. The first-order valence-electron chi connectivity index (χ1n) is 8.66. The molecule has 0 spiro atoms. The Bertz CT molecular complexity index is 659. The molecule has 2 saturated heterocycles. The summed E-state index contributed by atoms with van der Waals surface area (Å²) in [4.78, 5) is 35.5. The number of ether oxygens (including phenoxy) is 1. The zero-order valence-corrected chi connectivity index (χ0v) is 14.7. The molecule has 1 atom stereocenters. The molecule has 132 valence electrons. The molecule has 1 aromatic heterocycles. The molecular weight excluding hydrogens is 308 g/mol. The molecule has 0 saturated carbocycles. The number of aromatic nitrogens is 2. The Morgan fingerprint density at radius 1 is 1.29 bits per heavy atom. The van der Waals surface area contributed by atoms with Gasteiger partial charge < -0.3 is 14.5 Å². The Hall–Kier alpha value is -2.05. The highest BCUT2D eigenvalue weighted by Crippen LogP contribution is 2.27. The zero-order chi connectivity index (χ0) is 17.3. The summed E-state index contributed by atoms with van der Waals surface area (Å²) in [5.41, 5.74) is 0.143. The Kier molecular flexibility index (Phi) is 4.51. The van der Waals surface area contributed by atoms with E-state index in [0.717, 1.165) is 38.0 Å². The van der Waals surface area contributed by atoms with Crippen LogP contribution < -0.4 is 10.5 Å². The van der Waals surface area contributed by atoms with Crippen LogP contribution in [0.2, 0.25) is 0 Å². The van der Waals surface area contributed by atoms with Crippen molar-refractivity contribution >= 4 is 12.0 Å². The van der Waals surface area contributed by atoms with Gasteiger partial charge in [-0.15, -0.1) is 0 Å².